The third kappa shape index (κ3) is 3.04. The molecule has 0 radical (unpaired) electrons. The molecule has 0 spiro atoms. The average molecular weight is 356 g/mol. The Balaban J connectivity index is 1.73. The summed E-state index contributed by atoms with van der Waals surface area (Å²) in [5.41, 5.74) is 0.385. The Morgan fingerprint density at radius 2 is 1.79 bits per heavy atom. The fourth-order valence-corrected chi connectivity index (χ4v) is 3.99. The molecule has 1 aliphatic rings. The standard InChI is InChI=1S/C15H14F2N2O4S/c16-12-1-2-14(13(17)9-12)24(21,22)19-6-4-18(5-7-19)15(20)11-3-8-23-10-11/h1-3,8-10H,4-7H2. The molecular weight excluding hydrogens is 342 g/mol. The molecule has 0 atom stereocenters. The SMILES string of the molecule is O=C(c1ccoc1)N1CCN(S(=O)(=O)c2ccc(F)cc2F)CC1. The van der Waals surface area contributed by atoms with E-state index in [1.807, 2.05) is 0 Å². The molecule has 1 saturated heterocycles. The van der Waals surface area contributed by atoms with Gasteiger partial charge >= 0.3 is 0 Å². The van der Waals surface area contributed by atoms with Gasteiger partial charge in [0.05, 0.1) is 11.8 Å². The summed E-state index contributed by atoms with van der Waals surface area (Å²) in [6.07, 6.45) is 2.70. The van der Waals surface area contributed by atoms with Gasteiger partial charge in [0.15, 0.2) is 0 Å². The van der Waals surface area contributed by atoms with Crippen LogP contribution < -0.4 is 0 Å². The van der Waals surface area contributed by atoms with Gasteiger partial charge in [0, 0.05) is 32.2 Å². The molecule has 1 amide bonds. The molecule has 0 aliphatic carbocycles. The van der Waals surface area contributed by atoms with Gasteiger partial charge in [-0.3, -0.25) is 4.79 Å². The second-order valence-corrected chi connectivity index (χ2v) is 7.19. The van der Waals surface area contributed by atoms with Crippen LogP contribution in [0, 0.1) is 11.6 Å². The van der Waals surface area contributed by atoms with E-state index >= 15 is 0 Å². The number of piperazine rings is 1. The van der Waals surface area contributed by atoms with Gasteiger partial charge in [-0.2, -0.15) is 4.31 Å². The maximum absolute atomic E-state index is 13.8. The van der Waals surface area contributed by atoms with Crippen molar-refractivity contribution in [1.82, 2.24) is 9.21 Å². The van der Waals surface area contributed by atoms with E-state index in [1.165, 1.54) is 23.5 Å². The minimum Gasteiger partial charge on any atom is -0.472 e. The number of furan rings is 1. The number of hydrogen-bond acceptors (Lipinski definition) is 4. The Hall–Kier alpha value is -2.26. The molecule has 0 unspecified atom stereocenters. The first kappa shape index (κ1) is 16.6. The summed E-state index contributed by atoms with van der Waals surface area (Å²) in [6.45, 7) is 0.406. The summed E-state index contributed by atoms with van der Waals surface area (Å²) < 4.78 is 57.6. The van der Waals surface area contributed by atoms with Crippen molar-refractivity contribution in [1.29, 1.82) is 0 Å². The van der Waals surface area contributed by atoms with Crippen molar-refractivity contribution in [2.24, 2.45) is 0 Å². The predicted molar refractivity (Wildman–Crippen MR) is 79.7 cm³/mol. The lowest BCUT2D eigenvalue weighted by Gasteiger charge is -2.33. The molecular formula is C15H14F2N2O4S. The number of rotatable bonds is 3. The molecule has 1 aromatic carbocycles. The van der Waals surface area contributed by atoms with Crippen molar-refractivity contribution in [3.8, 4) is 0 Å². The van der Waals surface area contributed by atoms with Gasteiger partial charge in [0.1, 0.15) is 22.8 Å². The van der Waals surface area contributed by atoms with Crippen molar-refractivity contribution in [2.45, 2.75) is 4.90 Å². The monoisotopic (exact) mass is 356 g/mol. The lowest BCUT2D eigenvalue weighted by Crippen LogP contribution is -2.50. The van der Waals surface area contributed by atoms with E-state index in [-0.39, 0.29) is 32.1 Å². The van der Waals surface area contributed by atoms with Crippen LogP contribution in [0.25, 0.3) is 0 Å². The summed E-state index contributed by atoms with van der Waals surface area (Å²) in [5.74, 6) is -2.23. The van der Waals surface area contributed by atoms with E-state index in [1.54, 1.807) is 0 Å². The Bertz CT molecular complexity index is 844. The number of benzene rings is 1. The predicted octanol–water partition coefficient (Wildman–Crippen LogP) is 1.70. The number of carbonyl (C=O) groups excluding carboxylic acids is 1. The maximum atomic E-state index is 13.8. The second-order valence-electron chi connectivity index (χ2n) is 5.28. The molecule has 1 aromatic heterocycles. The van der Waals surface area contributed by atoms with Crippen molar-refractivity contribution >= 4 is 15.9 Å². The molecule has 9 heteroatoms. The van der Waals surface area contributed by atoms with E-state index in [9.17, 15) is 22.0 Å². The Morgan fingerprint density at radius 1 is 1.08 bits per heavy atom. The highest BCUT2D eigenvalue weighted by atomic mass is 32.2. The summed E-state index contributed by atoms with van der Waals surface area (Å²) >= 11 is 0. The fraction of sp³-hybridized carbons (Fsp3) is 0.267. The van der Waals surface area contributed by atoms with E-state index in [0.29, 0.717) is 11.6 Å². The molecule has 1 fully saturated rings. The number of halogens is 2. The third-order valence-electron chi connectivity index (χ3n) is 3.81. The molecule has 3 rings (SSSR count). The van der Waals surface area contributed by atoms with Crippen LogP contribution in [0.2, 0.25) is 0 Å². The van der Waals surface area contributed by atoms with Crippen LogP contribution in [0.4, 0.5) is 8.78 Å². The molecule has 6 nitrogen and oxygen atoms in total. The van der Waals surface area contributed by atoms with Crippen LogP contribution in [0.15, 0.2) is 46.1 Å². The van der Waals surface area contributed by atoms with Crippen molar-refractivity contribution < 1.29 is 26.4 Å². The maximum Gasteiger partial charge on any atom is 0.257 e. The normalized spacial score (nSPS) is 16.3. The first-order valence-corrected chi connectivity index (χ1v) is 8.60. The zero-order chi connectivity index (χ0) is 17.3. The second kappa shape index (κ2) is 6.33. The van der Waals surface area contributed by atoms with E-state index in [4.69, 9.17) is 4.42 Å². The third-order valence-corrected chi connectivity index (χ3v) is 5.74. The minimum atomic E-state index is -4.08. The van der Waals surface area contributed by atoms with E-state index in [2.05, 4.69) is 0 Å². The number of amides is 1. The molecule has 0 N–H and O–H groups in total. The van der Waals surface area contributed by atoms with Gasteiger partial charge in [-0.1, -0.05) is 0 Å². The molecule has 2 aromatic rings. The van der Waals surface area contributed by atoms with Gasteiger partial charge in [-0.15, -0.1) is 0 Å². The molecule has 0 saturated carbocycles. The van der Waals surface area contributed by atoms with Crippen LogP contribution in [0.3, 0.4) is 0 Å². The topological polar surface area (TPSA) is 70.8 Å². The van der Waals surface area contributed by atoms with Crippen molar-refractivity contribution in [2.75, 3.05) is 26.2 Å². The van der Waals surface area contributed by atoms with Gasteiger partial charge < -0.3 is 9.32 Å². The quantitative estimate of drug-likeness (QED) is 0.839. The minimum absolute atomic E-state index is 0.0305. The molecule has 128 valence electrons. The lowest BCUT2D eigenvalue weighted by atomic mass is 10.2. The Labute approximate surface area is 137 Å². The van der Waals surface area contributed by atoms with Gasteiger partial charge in [0.25, 0.3) is 5.91 Å². The van der Waals surface area contributed by atoms with Crippen molar-refractivity contribution in [3.05, 3.63) is 54.0 Å². The summed E-state index contributed by atoms with van der Waals surface area (Å²) in [7, 11) is -4.08. The highest BCUT2D eigenvalue weighted by Gasteiger charge is 2.32. The Morgan fingerprint density at radius 3 is 2.38 bits per heavy atom. The van der Waals surface area contributed by atoms with Crippen LogP contribution in [0.1, 0.15) is 10.4 Å². The number of sulfonamides is 1. The Kier molecular flexibility index (Phi) is 4.37. The zero-order valence-corrected chi connectivity index (χ0v) is 13.3. The van der Waals surface area contributed by atoms with Crippen LogP contribution >= 0.6 is 0 Å². The molecule has 1 aliphatic heterocycles. The van der Waals surface area contributed by atoms with Gasteiger partial charge in [-0.25, -0.2) is 17.2 Å². The number of hydrogen-bond donors (Lipinski definition) is 0. The largest absolute Gasteiger partial charge is 0.472 e. The lowest BCUT2D eigenvalue weighted by molar-refractivity contribution is 0.0697. The number of nitrogens with zero attached hydrogens (tertiary/aromatic N) is 2. The molecule has 0 bridgehead atoms. The summed E-state index contributed by atoms with van der Waals surface area (Å²) in [4.78, 5) is 13.1. The molecule has 2 heterocycles. The van der Waals surface area contributed by atoms with Crippen LogP contribution in [-0.2, 0) is 10.0 Å². The summed E-state index contributed by atoms with van der Waals surface area (Å²) in [6, 6.07) is 3.86. The fourth-order valence-electron chi connectivity index (χ4n) is 2.52. The van der Waals surface area contributed by atoms with Gasteiger partial charge in [-0.05, 0) is 18.2 Å². The van der Waals surface area contributed by atoms with Crippen LogP contribution in [-0.4, -0.2) is 49.7 Å². The smallest absolute Gasteiger partial charge is 0.257 e. The van der Waals surface area contributed by atoms with Gasteiger partial charge in [0.2, 0.25) is 10.0 Å². The highest BCUT2D eigenvalue weighted by molar-refractivity contribution is 7.89. The first-order valence-electron chi connectivity index (χ1n) is 7.16. The number of carbonyl (C=O) groups is 1. The highest BCUT2D eigenvalue weighted by Crippen LogP contribution is 2.22. The van der Waals surface area contributed by atoms with Crippen molar-refractivity contribution in [3.63, 3.8) is 0 Å². The first-order chi connectivity index (χ1) is 11.4. The molecule has 24 heavy (non-hydrogen) atoms. The summed E-state index contributed by atoms with van der Waals surface area (Å²) in [5, 5.41) is 0. The van der Waals surface area contributed by atoms with Crippen LogP contribution in [0.5, 0.6) is 0 Å². The average Bonchev–Trinajstić information content (AvgIpc) is 3.08. The van der Waals surface area contributed by atoms with E-state index < -0.39 is 26.6 Å². The van der Waals surface area contributed by atoms with E-state index in [0.717, 1.165) is 16.4 Å². The zero-order valence-electron chi connectivity index (χ0n) is 12.5.